The maximum absolute atomic E-state index is 6.48. The molecule has 0 saturated carbocycles. The lowest BCUT2D eigenvalue weighted by Gasteiger charge is -2.12. The minimum Gasteiger partial charge on any atom is -0.487 e. The molecule has 3 N–H and O–H groups in total. The van der Waals surface area contributed by atoms with E-state index in [0.29, 0.717) is 29.0 Å². The van der Waals surface area contributed by atoms with Crippen molar-refractivity contribution < 1.29 is 4.74 Å². The predicted octanol–water partition coefficient (Wildman–Crippen LogP) is 5.63. The van der Waals surface area contributed by atoms with Crippen molar-refractivity contribution in [2.24, 2.45) is 15.9 Å². The molecule has 7 nitrogen and oxygen atoms in total. The van der Waals surface area contributed by atoms with Crippen LogP contribution in [0.3, 0.4) is 0 Å². The summed E-state index contributed by atoms with van der Waals surface area (Å²) in [6.07, 6.45) is 3.14. The number of hydrogen-bond donors (Lipinski definition) is 2. The van der Waals surface area contributed by atoms with Crippen LogP contribution in [0.1, 0.15) is 23.6 Å². The number of rotatable bonds is 7. The Bertz CT molecular complexity index is 1350. The summed E-state index contributed by atoms with van der Waals surface area (Å²) >= 11 is 6.48. The van der Waals surface area contributed by atoms with Gasteiger partial charge in [-0.15, -0.1) is 5.10 Å². The summed E-state index contributed by atoms with van der Waals surface area (Å²) in [6.45, 7) is 4.18. The summed E-state index contributed by atoms with van der Waals surface area (Å²) in [5.74, 6) is 1.66. The molecular formula is C25H23ClN6O. The van der Waals surface area contributed by atoms with Gasteiger partial charge in [0.05, 0.1) is 16.8 Å². The number of nitrogens with zero attached hydrogens (tertiary/aromatic N) is 4. The summed E-state index contributed by atoms with van der Waals surface area (Å²) < 4.78 is 5.90. The van der Waals surface area contributed by atoms with Crippen LogP contribution in [0.4, 0.5) is 11.5 Å². The van der Waals surface area contributed by atoms with Crippen molar-refractivity contribution in [2.45, 2.75) is 20.5 Å². The van der Waals surface area contributed by atoms with Crippen molar-refractivity contribution in [2.75, 3.05) is 5.32 Å². The largest absolute Gasteiger partial charge is 0.487 e. The van der Waals surface area contributed by atoms with Crippen LogP contribution < -0.4 is 15.8 Å². The molecule has 0 amide bonds. The number of hydrogen-bond acceptors (Lipinski definition) is 6. The fourth-order valence-electron chi connectivity index (χ4n) is 3.24. The number of aryl methyl sites for hydroxylation is 1. The van der Waals surface area contributed by atoms with Crippen molar-refractivity contribution in [1.29, 1.82) is 0 Å². The third kappa shape index (κ3) is 5.84. The highest BCUT2D eigenvalue weighted by molar-refractivity contribution is 6.32. The van der Waals surface area contributed by atoms with Gasteiger partial charge in [-0.05, 0) is 55.3 Å². The molecule has 3 aromatic carbocycles. The molecule has 166 valence electrons. The summed E-state index contributed by atoms with van der Waals surface area (Å²) in [4.78, 5) is 8.73. The van der Waals surface area contributed by atoms with Gasteiger partial charge >= 0.3 is 0 Å². The molecule has 0 bridgehead atoms. The standard InChI is InChI=1S/C25H23ClN6O/c1-16-4-3-5-19(10-16)14-33-24-9-7-20(12-22(24)26)31-25-21-11-18(13-30-32-17(2)27)6-8-23(21)28-15-29-25/h3-13,15H,14H2,1-2H3,(H2,27,32)(H,28,29,31)/b30-13-. The van der Waals surface area contributed by atoms with Gasteiger partial charge in [-0.25, -0.2) is 9.97 Å². The molecule has 0 aliphatic heterocycles. The Morgan fingerprint density at radius 1 is 1.12 bits per heavy atom. The molecule has 0 unspecified atom stereocenters. The highest BCUT2D eigenvalue weighted by Crippen LogP contribution is 2.31. The number of ether oxygens (including phenoxy) is 1. The van der Waals surface area contributed by atoms with Crippen molar-refractivity contribution in [1.82, 2.24) is 9.97 Å². The summed E-state index contributed by atoms with van der Waals surface area (Å²) in [6, 6.07) is 19.5. The zero-order valence-electron chi connectivity index (χ0n) is 18.3. The minimum absolute atomic E-state index is 0.390. The van der Waals surface area contributed by atoms with E-state index in [4.69, 9.17) is 22.1 Å². The van der Waals surface area contributed by atoms with Gasteiger partial charge in [0.1, 0.15) is 30.3 Å². The number of amidine groups is 1. The quantitative estimate of drug-likeness (QED) is 0.212. The summed E-state index contributed by atoms with van der Waals surface area (Å²) in [5.41, 5.74) is 10.2. The number of nitrogens with one attached hydrogen (secondary N) is 1. The zero-order chi connectivity index (χ0) is 23.2. The topological polar surface area (TPSA) is 97.8 Å². The number of benzene rings is 3. The van der Waals surface area contributed by atoms with E-state index in [-0.39, 0.29) is 0 Å². The van der Waals surface area contributed by atoms with Crippen LogP contribution in [0.25, 0.3) is 10.9 Å². The molecule has 0 saturated heterocycles. The SMILES string of the molecule is CC(N)=N/N=C\c1ccc2ncnc(Nc3ccc(OCc4cccc(C)c4)c(Cl)c3)c2c1. The minimum atomic E-state index is 0.390. The van der Waals surface area contributed by atoms with Crippen LogP contribution >= 0.6 is 11.6 Å². The van der Waals surface area contributed by atoms with Crippen molar-refractivity contribution in [3.05, 3.63) is 88.7 Å². The van der Waals surface area contributed by atoms with Gasteiger partial charge < -0.3 is 15.8 Å². The van der Waals surface area contributed by atoms with Crippen molar-refractivity contribution >= 4 is 46.1 Å². The van der Waals surface area contributed by atoms with Gasteiger partial charge in [-0.1, -0.05) is 47.5 Å². The molecule has 0 radical (unpaired) electrons. The highest BCUT2D eigenvalue weighted by Gasteiger charge is 2.08. The molecular weight excluding hydrogens is 436 g/mol. The number of halogens is 1. The van der Waals surface area contributed by atoms with Gasteiger partial charge in [0.2, 0.25) is 0 Å². The van der Waals surface area contributed by atoms with E-state index in [2.05, 4.69) is 44.5 Å². The molecule has 1 heterocycles. The lowest BCUT2D eigenvalue weighted by atomic mass is 10.1. The molecule has 0 spiro atoms. The Kier molecular flexibility index (Phi) is 6.80. The second-order valence-electron chi connectivity index (χ2n) is 7.53. The van der Waals surface area contributed by atoms with Gasteiger partial charge in [-0.2, -0.15) is 5.10 Å². The molecule has 8 heteroatoms. The Balaban J connectivity index is 1.53. The smallest absolute Gasteiger partial charge is 0.141 e. The van der Waals surface area contributed by atoms with E-state index < -0.39 is 0 Å². The monoisotopic (exact) mass is 458 g/mol. The average molecular weight is 459 g/mol. The molecule has 33 heavy (non-hydrogen) atoms. The van der Waals surface area contributed by atoms with E-state index in [1.165, 1.54) is 11.9 Å². The predicted molar refractivity (Wildman–Crippen MR) is 135 cm³/mol. The first-order valence-corrected chi connectivity index (χ1v) is 10.7. The molecule has 0 aliphatic carbocycles. The second-order valence-corrected chi connectivity index (χ2v) is 7.94. The van der Waals surface area contributed by atoms with Crippen LogP contribution in [0.2, 0.25) is 5.02 Å². The number of nitrogens with two attached hydrogens (primary N) is 1. The van der Waals surface area contributed by atoms with E-state index in [0.717, 1.165) is 27.7 Å². The van der Waals surface area contributed by atoms with Crippen molar-refractivity contribution in [3.8, 4) is 5.75 Å². The lowest BCUT2D eigenvalue weighted by Crippen LogP contribution is -2.03. The fourth-order valence-corrected chi connectivity index (χ4v) is 3.47. The van der Waals surface area contributed by atoms with Crippen LogP contribution in [0.15, 0.2) is 77.2 Å². The van der Waals surface area contributed by atoms with E-state index in [1.54, 1.807) is 13.1 Å². The van der Waals surface area contributed by atoms with Crippen molar-refractivity contribution in [3.63, 3.8) is 0 Å². The summed E-state index contributed by atoms with van der Waals surface area (Å²) in [5, 5.41) is 12.5. The number of aromatic nitrogens is 2. The molecule has 1 aromatic heterocycles. The van der Waals surface area contributed by atoms with Gasteiger partial charge in [-0.3, -0.25) is 0 Å². The van der Waals surface area contributed by atoms with Crippen LogP contribution in [-0.2, 0) is 6.61 Å². The van der Waals surface area contributed by atoms with Crippen LogP contribution in [-0.4, -0.2) is 22.0 Å². The summed E-state index contributed by atoms with van der Waals surface area (Å²) in [7, 11) is 0. The Morgan fingerprint density at radius 3 is 2.79 bits per heavy atom. The van der Waals surface area contributed by atoms with Crippen LogP contribution in [0.5, 0.6) is 5.75 Å². The maximum Gasteiger partial charge on any atom is 0.141 e. The third-order valence-corrected chi connectivity index (χ3v) is 5.05. The number of anilines is 2. The Morgan fingerprint density at radius 2 is 2.00 bits per heavy atom. The molecule has 0 atom stereocenters. The van der Waals surface area contributed by atoms with Gasteiger partial charge in [0.25, 0.3) is 0 Å². The molecule has 0 fully saturated rings. The average Bonchev–Trinajstić information content (AvgIpc) is 2.79. The third-order valence-electron chi connectivity index (χ3n) is 4.75. The highest BCUT2D eigenvalue weighted by atomic mass is 35.5. The zero-order valence-corrected chi connectivity index (χ0v) is 19.0. The van der Waals surface area contributed by atoms with Gasteiger partial charge in [0, 0.05) is 11.1 Å². The Hall–Kier alpha value is -3.97. The first kappa shape index (κ1) is 22.2. The normalized spacial score (nSPS) is 11.8. The lowest BCUT2D eigenvalue weighted by molar-refractivity contribution is 0.306. The number of fused-ring (bicyclic) bond motifs is 1. The molecule has 4 rings (SSSR count). The maximum atomic E-state index is 6.48. The van der Waals surface area contributed by atoms with E-state index in [1.807, 2.05) is 48.5 Å². The van der Waals surface area contributed by atoms with E-state index in [9.17, 15) is 0 Å². The second kappa shape index (κ2) is 10.1. The molecule has 0 aliphatic rings. The Labute approximate surface area is 197 Å². The van der Waals surface area contributed by atoms with Gasteiger partial charge in [0.15, 0.2) is 0 Å². The molecule has 4 aromatic rings. The fraction of sp³-hybridized carbons (Fsp3) is 0.120. The first-order chi connectivity index (χ1) is 16.0. The first-order valence-electron chi connectivity index (χ1n) is 10.3. The van der Waals surface area contributed by atoms with E-state index >= 15 is 0 Å². The van der Waals surface area contributed by atoms with Crippen LogP contribution in [0, 0.1) is 6.92 Å².